The summed E-state index contributed by atoms with van der Waals surface area (Å²) in [5.41, 5.74) is 0. The lowest BCUT2D eigenvalue weighted by molar-refractivity contribution is 0.103. The molecule has 0 spiro atoms. The highest BCUT2D eigenvalue weighted by Gasteiger charge is 2.28. The van der Waals surface area contributed by atoms with Crippen molar-refractivity contribution >= 4 is 11.3 Å². The lowest BCUT2D eigenvalue weighted by Crippen LogP contribution is -2.56. The molecule has 0 bridgehead atoms. The van der Waals surface area contributed by atoms with Crippen molar-refractivity contribution in [3.8, 4) is 0 Å². The highest BCUT2D eigenvalue weighted by molar-refractivity contribution is 7.09. The second-order valence-electron chi connectivity index (χ2n) is 6.03. The third kappa shape index (κ3) is 4.55. The molecule has 0 radical (unpaired) electrons. The zero-order chi connectivity index (χ0) is 13.7. The van der Waals surface area contributed by atoms with Crippen LogP contribution in [0.3, 0.4) is 0 Å². The molecule has 0 aliphatic carbocycles. The molecule has 2 unspecified atom stereocenters. The van der Waals surface area contributed by atoms with Gasteiger partial charge in [0.15, 0.2) is 0 Å². The molecule has 1 aliphatic heterocycles. The molecule has 1 aliphatic rings. The number of aromatic nitrogens is 1. The van der Waals surface area contributed by atoms with Crippen molar-refractivity contribution in [3.05, 3.63) is 16.6 Å². The molecule has 1 saturated heterocycles. The number of hydrogen-bond donors (Lipinski definition) is 1. The maximum Gasteiger partial charge on any atom is 0.107 e. The Labute approximate surface area is 121 Å². The van der Waals surface area contributed by atoms with E-state index in [9.17, 15) is 0 Å². The summed E-state index contributed by atoms with van der Waals surface area (Å²) in [6.45, 7) is 10.2. The van der Waals surface area contributed by atoms with E-state index in [2.05, 4.69) is 41.4 Å². The van der Waals surface area contributed by atoms with E-state index in [0.717, 1.165) is 19.0 Å². The molecule has 2 atom stereocenters. The molecule has 2 rings (SSSR count). The Morgan fingerprint density at radius 2 is 2.37 bits per heavy atom. The van der Waals surface area contributed by atoms with Crippen molar-refractivity contribution in [2.75, 3.05) is 13.1 Å². The Morgan fingerprint density at radius 1 is 1.53 bits per heavy atom. The maximum absolute atomic E-state index is 4.45. The molecular formula is C15H27N3S. The van der Waals surface area contributed by atoms with Crippen LogP contribution in [0.5, 0.6) is 0 Å². The van der Waals surface area contributed by atoms with Crippen LogP contribution >= 0.6 is 11.3 Å². The molecule has 0 aromatic carbocycles. The molecule has 0 saturated carbocycles. The Hall–Kier alpha value is -0.450. The number of piperazine rings is 1. The maximum atomic E-state index is 4.45. The van der Waals surface area contributed by atoms with E-state index in [1.54, 1.807) is 11.3 Å². The van der Waals surface area contributed by atoms with Crippen LogP contribution in [0, 0.1) is 5.92 Å². The standard InChI is InChI=1S/C15H27N3S/c1-4-5-13-10-18(11-15-16-6-7-19-15)14(9-17-13)8-12(2)3/h6-7,12-14,17H,4-5,8-11H2,1-3H3. The van der Waals surface area contributed by atoms with Gasteiger partial charge in [-0.25, -0.2) is 4.98 Å². The summed E-state index contributed by atoms with van der Waals surface area (Å²) < 4.78 is 0. The number of hydrogen-bond acceptors (Lipinski definition) is 4. The van der Waals surface area contributed by atoms with Gasteiger partial charge in [0.05, 0.1) is 6.54 Å². The summed E-state index contributed by atoms with van der Waals surface area (Å²) in [7, 11) is 0. The van der Waals surface area contributed by atoms with E-state index in [1.807, 2.05) is 6.20 Å². The quantitative estimate of drug-likeness (QED) is 0.868. The first-order valence-corrected chi connectivity index (χ1v) is 8.42. The van der Waals surface area contributed by atoms with Crippen molar-refractivity contribution < 1.29 is 0 Å². The van der Waals surface area contributed by atoms with Crippen molar-refractivity contribution in [1.29, 1.82) is 0 Å². The fourth-order valence-electron chi connectivity index (χ4n) is 2.95. The normalized spacial score (nSPS) is 25.1. The predicted molar refractivity (Wildman–Crippen MR) is 82.5 cm³/mol. The molecule has 3 nitrogen and oxygen atoms in total. The number of thiazole rings is 1. The summed E-state index contributed by atoms with van der Waals surface area (Å²) in [6, 6.07) is 1.32. The first-order valence-electron chi connectivity index (χ1n) is 7.54. The smallest absolute Gasteiger partial charge is 0.107 e. The molecule has 2 heterocycles. The van der Waals surface area contributed by atoms with Crippen LogP contribution in [-0.4, -0.2) is 35.1 Å². The molecule has 1 aromatic rings. The van der Waals surface area contributed by atoms with Gasteiger partial charge < -0.3 is 5.32 Å². The van der Waals surface area contributed by atoms with Gasteiger partial charge in [0.25, 0.3) is 0 Å². The second-order valence-corrected chi connectivity index (χ2v) is 7.01. The Bertz CT molecular complexity index is 350. The molecule has 0 amide bonds. The van der Waals surface area contributed by atoms with Gasteiger partial charge in [0, 0.05) is 36.8 Å². The number of nitrogens with one attached hydrogen (secondary N) is 1. The first kappa shape index (κ1) is 14.9. The third-order valence-corrected chi connectivity index (χ3v) is 4.58. The predicted octanol–water partition coefficient (Wildman–Crippen LogP) is 3.13. The van der Waals surface area contributed by atoms with Crippen LogP contribution in [-0.2, 0) is 6.54 Å². The zero-order valence-corrected chi connectivity index (χ0v) is 13.2. The number of nitrogens with zero attached hydrogens (tertiary/aromatic N) is 2. The highest BCUT2D eigenvalue weighted by Crippen LogP contribution is 2.20. The van der Waals surface area contributed by atoms with Gasteiger partial charge in [0.2, 0.25) is 0 Å². The average Bonchev–Trinajstić information content (AvgIpc) is 2.85. The SMILES string of the molecule is CCCC1CN(Cc2nccs2)C(CC(C)C)CN1. The average molecular weight is 281 g/mol. The third-order valence-electron chi connectivity index (χ3n) is 3.82. The largest absolute Gasteiger partial charge is 0.311 e. The monoisotopic (exact) mass is 281 g/mol. The minimum atomic E-state index is 0.661. The second kappa shape index (κ2) is 7.36. The fraction of sp³-hybridized carbons (Fsp3) is 0.800. The summed E-state index contributed by atoms with van der Waals surface area (Å²) in [5.74, 6) is 0.758. The van der Waals surface area contributed by atoms with E-state index < -0.39 is 0 Å². The molecule has 108 valence electrons. The molecule has 1 fully saturated rings. The van der Waals surface area contributed by atoms with Crippen LogP contribution in [0.15, 0.2) is 11.6 Å². The Balaban J connectivity index is 1.97. The van der Waals surface area contributed by atoms with Gasteiger partial charge in [0.1, 0.15) is 5.01 Å². The summed E-state index contributed by atoms with van der Waals surface area (Å²) >= 11 is 1.78. The van der Waals surface area contributed by atoms with Gasteiger partial charge in [-0.15, -0.1) is 11.3 Å². The minimum absolute atomic E-state index is 0.661. The van der Waals surface area contributed by atoms with Gasteiger partial charge in [-0.2, -0.15) is 0 Å². The van der Waals surface area contributed by atoms with E-state index >= 15 is 0 Å². The van der Waals surface area contributed by atoms with Crippen molar-refractivity contribution in [2.45, 2.75) is 58.7 Å². The van der Waals surface area contributed by atoms with Crippen molar-refractivity contribution in [1.82, 2.24) is 15.2 Å². The van der Waals surface area contributed by atoms with Crippen LogP contribution in [0.25, 0.3) is 0 Å². The fourth-order valence-corrected chi connectivity index (χ4v) is 3.59. The Morgan fingerprint density at radius 3 is 3.00 bits per heavy atom. The van der Waals surface area contributed by atoms with Gasteiger partial charge >= 0.3 is 0 Å². The summed E-state index contributed by atoms with van der Waals surface area (Å²) in [5, 5.41) is 7.06. The number of rotatable bonds is 6. The summed E-state index contributed by atoms with van der Waals surface area (Å²) in [4.78, 5) is 7.10. The Kier molecular flexibility index (Phi) is 5.79. The van der Waals surface area contributed by atoms with Crippen molar-refractivity contribution in [3.63, 3.8) is 0 Å². The lowest BCUT2D eigenvalue weighted by atomic mass is 9.98. The van der Waals surface area contributed by atoms with E-state index in [0.29, 0.717) is 12.1 Å². The van der Waals surface area contributed by atoms with Gasteiger partial charge in [-0.1, -0.05) is 27.2 Å². The van der Waals surface area contributed by atoms with Crippen molar-refractivity contribution in [2.24, 2.45) is 5.92 Å². The molecular weight excluding hydrogens is 254 g/mol. The molecule has 4 heteroatoms. The summed E-state index contributed by atoms with van der Waals surface area (Å²) in [6.07, 6.45) is 5.74. The van der Waals surface area contributed by atoms with Gasteiger partial charge in [-0.05, 0) is 18.8 Å². The van der Waals surface area contributed by atoms with Crippen LogP contribution in [0.1, 0.15) is 45.0 Å². The van der Waals surface area contributed by atoms with Crippen LogP contribution in [0.4, 0.5) is 0 Å². The molecule has 1 aromatic heterocycles. The van der Waals surface area contributed by atoms with E-state index in [1.165, 1.54) is 30.8 Å². The zero-order valence-electron chi connectivity index (χ0n) is 12.4. The first-order chi connectivity index (χ1) is 9.19. The molecule has 1 N–H and O–H groups in total. The van der Waals surface area contributed by atoms with E-state index in [4.69, 9.17) is 0 Å². The topological polar surface area (TPSA) is 28.2 Å². The van der Waals surface area contributed by atoms with E-state index in [-0.39, 0.29) is 0 Å². The molecule has 19 heavy (non-hydrogen) atoms. The minimum Gasteiger partial charge on any atom is -0.311 e. The lowest BCUT2D eigenvalue weighted by Gasteiger charge is -2.41. The van der Waals surface area contributed by atoms with Crippen LogP contribution in [0.2, 0.25) is 0 Å². The highest BCUT2D eigenvalue weighted by atomic mass is 32.1. The van der Waals surface area contributed by atoms with Crippen LogP contribution < -0.4 is 5.32 Å². The van der Waals surface area contributed by atoms with Gasteiger partial charge in [-0.3, -0.25) is 4.90 Å².